The van der Waals surface area contributed by atoms with Crippen molar-refractivity contribution in [2.45, 2.75) is 31.6 Å². The van der Waals surface area contributed by atoms with Crippen molar-refractivity contribution in [2.75, 3.05) is 24.2 Å². The summed E-state index contributed by atoms with van der Waals surface area (Å²) in [4.78, 5) is 3.92. The summed E-state index contributed by atoms with van der Waals surface area (Å²) >= 11 is 7.01. The number of thiocarbonyl (C=S) groups is 1. The highest BCUT2D eigenvalue weighted by Crippen LogP contribution is 2.30. The van der Waals surface area contributed by atoms with Crippen LogP contribution in [0.15, 0.2) is 23.1 Å². The van der Waals surface area contributed by atoms with Crippen LogP contribution in [0.3, 0.4) is 0 Å². The first kappa shape index (κ1) is 15.3. The number of rotatable bonds is 7. The molecule has 0 aromatic heterocycles. The van der Waals surface area contributed by atoms with Crippen LogP contribution in [0, 0.1) is 0 Å². The molecule has 0 bridgehead atoms. The first-order valence-electron chi connectivity index (χ1n) is 6.38. The van der Waals surface area contributed by atoms with Crippen LogP contribution in [0.5, 0.6) is 0 Å². The van der Waals surface area contributed by atoms with E-state index in [-0.39, 0.29) is 0 Å². The number of nitrogens with two attached hydrogens (primary N) is 1. The van der Waals surface area contributed by atoms with Gasteiger partial charge in [-0.3, -0.25) is 0 Å². The zero-order valence-corrected chi connectivity index (χ0v) is 13.0. The molecule has 1 aromatic carbocycles. The smallest absolute Gasteiger partial charge is 0.107 e. The molecule has 1 rings (SSSR count). The molecule has 0 atom stereocenters. The molecule has 0 amide bonds. The van der Waals surface area contributed by atoms with Gasteiger partial charge in [-0.05, 0) is 24.3 Å². The monoisotopic (exact) mass is 282 g/mol. The number of thioether (sulfide) groups is 1. The molecule has 2 nitrogen and oxygen atoms in total. The van der Waals surface area contributed by atoms with E-state index in [4.69, 9.17) is 18.0 Å². The molecule has 0 fully saturated rings. The van der Waals surface area contributed by atoms with Crippen LogP contribution in [0.2, 0.25) is 0 Å². The fourth-order valence-electron chi connectivity index (χ4n) is 1.88. The van der Waals surface area contributed by atoms with E-state index in [0.717, 1.165) is 23.5 Å². The Morgan fingerprint density at radius 2 is 2.11 bits per heavy atom. The molecule has 0 heterocycles. The van der Waals surface area contributed by atoms with Crippen LogP contribution in [-0.2, 0) is 0 Å². The Morgan fingerprint density at radius 1 is 1.39 bits per heavy atom. The molecular weight excluding hydrogens is 260 g/mol. The summed E-state index contributed by atoms with van der Waals surface area (Å²) in [6.07, 6.45) is 2.37. The van der Waals surface area contributed by atoms with E-state index in [9.17, 15) is 0 Å². The van der Waals surface area contributed by atoms with E-state index < -0.39 is 0 Å². The largest absolute Gasteiger partial charge is 0.389 e. The highest BCUT2D eigenvalue weighted by atomic mass is 32.2. The van der Waals surface area contributed by atoms with Crippen molar-refractivity contribution in [3.8, 4) is 0 Å². The fourth-order valence-corrected chi connectivity index (χ4v) is 3.00. The summed E-state index contributed by atoms with van der Waals surface area (Å²) in [5.41, 5.74) is 8.08. The lowest BCUT2D eigenvalue weighted by molar-refractivity contribution is 0.766. The van der Waals surface area contributed by atoms with Crippen LogP contribution in [0.4, 0.5) is 5.69 Å². The highest BCUT2D eigenvalue weighted by Gasteiger charge is 2.13. The minimum absolute atomic E-state index is 0.491. The Morgan fingerprint density at radius 3 is 2.67 bits per heavy atom. The third-order valence-electron chi connectivity index (χ3n) is 2.81. The predicted molar refractivity (Wildman–Crippen MR) is 86.9 cm³/mol. The van der Waals surface area contributed by atoms with Crippen molar-refractivity contribution in [2.24, 2.45) is 5.73 Å². The molecule has 0 saturated carbocycles. The Kier molecular flexibility index (Phi) is 6.50. The molecule has 0 aliphatic carbocycles. The average molecular weight is 282 g/mol. The number of nitrogens with zero attached hydrogens (tertiary/aromatic N) is 1. The van der Waals surface area contributed by atoms with Gasteiger partial charge in [-0.1, -0.05) is 38.6 Å². The fraction of sp³-hybridized carbons (Fsp3) is 0.500. The number of hydrogen-bond donors (Lipinski definition) is 1. The summed E-state index contributed by atoms with van der Waals surface area (Å²) in [5, 5.41) is 0. The molecule has 0 radical (unpaired) electrons. The van der Waals surface area contributed by atoms with Crippen molar-refractivity contribution >= 4 is 34.7 Å². The predicted octanol–water partition coefficient (Wildman–Crippen LogP) is 3.67. The topological polar surface area (TPSA) is 29.3 Å². The van der Waals surface area contributed by atoms with Gasteiger partial charge in [-0.25, -0.2) is 0 Å². The maximum atomic E-state index is 5.90. The molecule has 1 aromatic rings. The van der Waals surface area contributed by atoms with Gasteiger partial charge in [0.2, 0.25) is 0 Å². The van der Waals surface area contributed by atoms with Gasteiger partial charge >= 0.3 is 0 Å². The normalized spacial score (nSPS) is 10.4. The Balaban J connectivity index is 3.09. The van der Waals surface area contributed by atoms with Gasteiger partial charge in [0.15, 0.2) is 0 Å². The van der Waals surface area contributed by atoms with Gasteiger partial charge in [0.1, 0.15) is 4.99 Å². The molecule has 2 N–H and O–H groups in total. The second kappa shape index (κ2) is 7.64. The zero-order chi connectivity index (χ0) is 13.5. The summed E-state index contributed by atoms with van der Waals surface area (Å²) in [6.45, 7) is 5.37. The summed E-state index contributed by atoms with van der Waals surface area (Å²) in [6, 6.07) is 6.28. The van der Waals surface area contributed by atoms with E-state index in [1.807, 2.05) is 0 Å². The minimum atomic E-state index is 0.491. The van der Waals surface area contributed by atoms with E-state index in [0.29, 0.717) is 4.99 Å². The van der Waals surface area contributed by atoms with E-state index in [1.165, 1.54) is 17.7 Å². The molecule has 0 spiro atoms. The maximum absolute atomic E-state index is 5.90. The van der Waals surface area contributed by atoms with E-state index in [2.05, 4.69) is 44.0 Å². The van der Waals surface area contributed by atoms with Crippen LogP contribution >= 0.6 is 24.0 Å². The summed E-state index contributed by atoms with van der Waals surface area (Å²) in [7, 11) is 2.10. The Labute approximate surface area is 120 Å². The van der Waals surface area contributed by atoms with Crippen LogP contribution < -0.4 is 10.6 Å². The van der Waals surface area contributed by atoms with Crippen molar-refractivity contribution < 1.29 is 0 Å². The zero-order valence-electron chi connectivity index (χ0n) is 11.4. The van der Waals surface area contributed by atoms with Gasteiger partial charge in [0.05, 0.1) is 0 Å². The Hall–Kier alpha value is -0.740. The molecule has 0 saturated heterocycles. The number of benzene rings is 1. The maximum Gasteiger partial charge on any atom is 0.107 e. The average Bonchev–Trinajstić information content (AvgIpc) is 2.35. The second-order valence-corrected chi connectivity index (χ2v) is 5.97. The van der Waals surface area contributed by atoms with Crippen LogP contribution in [-0.4, -0.2) is 24.3 Å². The highest BCUT2D eigenvalue weighted by molar-refractivity contribution is 7.99. The molecule has 0 aliphatic rings. The lowest BCUT2D eigenvalue weighted by atomic mass is 10.1. The second-order valence-electron chi connectivity index (χ2n) is 4.22. The molecule has 100 valence electrons. The summed E-state index contributed by atoms with van der Waals surface area (Å²) in [5.74, 6) is 1.03. The van der Waals surface area contributed by atoms with Crippen LogP contribution in [0.25, 0.3) is 0 Å². The first-order chi connectivity index (χ1) is 8.61. The molecular formula is C14H22N2S2. The van der Waals surface area contributed by atoms with Gasteiger partial charge in [0, 0.05) is 29.7 Å². The third kappa shape index (κ3) is 3.89. The lowest BCUT2D eigenvalue weighted by Crippen LogP contribution is -2.23. The molecule has 0 aliphatic heterocycles. The SMILES string of the molecule is CCCCN(C)c1cccc(SCC)c1C(N)=S. The van der Waals surface area contributed by atoms with Gasteiger partial charge in [-0.15, -0.1) is 11.8 Å². The molecule has 18 heavy (non-hydrogen) atoms. The van der Waals surface area contributed by atoms with Gasteiger partial charge in [0.25, 0.3) is 0 Å². The van der Waals surface area contributed by atoms with Crippen molar-refractivity contribution in [1.82, 2.24) is 0 Å². The van der Waals surface area contributed by atoms with Crippen molar-refractivity contribution in [1.29, 1.82) is 0 Å². The number of hydrogen-bond acceptors (Lipinski definition) is 3. The lowest BCUT2D eigenvalue weighted by Gasteiger charge is -2.23. The van der Waals surface area contributed by atoms with Gasteiger partial charge < -0.3 is 10.6 Å². The summed E-state index contributed by atoms with van der Waals surface area (Å²) < 4.78 is 0. The van der Waals surface area contributed by atoms with E-state index in [1.54, 1.807) is 11.8 Å². The van der Waals surface area contributed by atoms with Crippen molar-refractivity contribution in [3.63, 3.8) is 0 Å². The van der Waals surface area contributed by atoms with Gasteiger partial charge in [-0.2, -0.15) is 0 Å². The standard InChI is InChI=1S/C14H22N2S2/c1-4-6-10-16(3)11-8-7-9-12(18-5-2)13(11)14(15)17/h7-9H,4-6,10H2,1-3H3,(H2,15,17). The van der Waals surface area contributed by atoms with E-state index >= 15 is 0 Å². The Bertz CT molecular complexity index is 405. The quantitative estimate of drug-likeness (QED) is 0.610. The molecule has 4 heteroatoms. The number of unbranched alkanes of at least 4 members (excludes halogenated alkanes) is 1. The molecule has 0 unspecified atom stereocenters. The minimum Gasteiger partial charge on any atom is -0.389 e. The number of anilines is 1. The van der Waals surface area contributed by atoms with Crippen molar-refractivity contribution in [3.05, 3.63) is 23.8 Å². The first-order valence-corrected chi connectivity index (χ1v) is 7.77. The third-order valence-corrected chi connectivity index (χ3v) is 3.95. The van der Waals surface area contributed by atoms with Crippen LogP contribution in [0.1, 0.15) is 32.3 Å².